The van der Waals surface area contributed by atoms with Crippen LogP contribution in [0.4, 0.5) is 10.2 Å². The van der Waals surface area contributed by atoms with Crippen LogP contribution in [0.1, 0.15) is 34.8 Å². The molecule has 1 amide bonds. The van der Waals surface area contributed by atoms with Crippen molar-refractivity contribution >= 4 is 23.5 Å². The minimum Gasteiger partial charge on any atom is -0.378 e. The molecule has 0 spiro atoms. The van der Waals surface area contributed by atoms with E-state index in [2.05, 4.69) is 17.1 Å². The number of hydrogen-bond acceptors (Lipinski definition) is 5. The lowest BCUT2D eigenvalue weighted by atomic mass is 10.1. The highest BCUT2D eigenvalue weighted by atomic mass is 32.2. The molecule has 7 heteroatoms. The van der Waals surface area contributed by atoms with E-state index in [4.69, 9.17) is 9.72 Å². The number of thioether (sulfide) groups is 1. The number of anilines is 1. The lowest BCUT2D eigenvalue weighted by Crippen LogP contribution is -2.37. The highest BCUT2D eigenvalue weighted by Gasteiger charge is 2.20. The Bertz CT molecular complexity index is 824. The van der Waals surface area contributed by atoms with E-state index in [1.807, 2.05) is 13.0 Å². The zero-order chi connectivity index (χ0) is 20.6. The van der Waals surface area contributed by atoms with E-state index < -0.39 is 0 Å². The summed E-state index contributed by atoms with van der Waals surface area (Å²) in [7, 11) is 0. The lowest BCUT2D eigenvalue weighted by molar-refractivity contribution is 0.0948. The van der Waals surface area contributed by atoms with Crippen LogP contribution < -0.4 is 10.2 Å². The maximum atomic E-state index is 13.0. The molecule has 5 nitrogen and oxygen atoms in total. The number of nitrogens with one attached hydrogen (secondary N) is 1. The van der Waals surface area contributed by atoms with Gasteiger partial charge in [0.25, 0.3) is 5.91 Å². The van der Waals surface area contributed by atoms with Crippen molar-refractivity contribution in [3.63, 3.8) is 0 Å². The molecule has 3 rings (SSSR count). The molecule has 1 saturated heterocycles. The monoisotopic (exact) mass is 417 g/mol. The Kier molecular flexibility index (Phi) is 7.89. The second kappa shape index (κ2) is 10.6. The first kappa shape index (κ1) is 21.6. The molecule has 1 aromatic carbocycles. The highest BCUT2D eigenvalue weighted by Crippen LogP contribution is 2.28. The van der Waals surface area contributed by atoms with Crippen molar-refractivity contribution in [3.05, 3.63) is 52.8 Å². The van der Waals surface area contributed by atoms with E-state index in [1.54, 1.807) is 23.9 Å². The third-order valence-corrected chi connectivity index (χ3v) is 5.71. The second-order valence-electron chi connectivity index (χ2n) is 7.00. The zero-order valence-corrected chi connectivity index (χ0v) is 17.9. The number of ether oxygens (including phenoxy) is 1. The number of hydrogen-bond donors (Lipinski definition) is 1. The summed E-state index contributed by atoms with van der Waals surface area (Å²) >= 11 is 1.59. The van der Waals surface area contributed by atoms with E-state index >= 15 is 0 Å². The number of aromatic nitrogens is 1. The van der Waals surface area contributed by atoms with Crippen molar-refractivity contribution in [2.24, 2.45) is 0 Å². The summed E-state index contributed by atoms with van der Waals surface area (Å²) in [5.74, 6) is 1.45. The Hall–Kier alpha value is -2.12. The number of amides is 1. The maximum Gasteiger partial charge on any atom is 0.254 e. The van der Waals surface area contributed by atoms with Crippen LogP contribution >= 0.6 is 11.8 Å². The van der Waals surface area contributed by atoms with E-state index in [-0.39, 0.29) is 11.7 Å². The number of halogens is 1. The van der Waals surface area contributed by atoms with Crippen molar-refractivity contribution in [1.29, 1.82) is 0 Å². The number of nitrogens with zero attached hydrogens (tertiary/aromatic N) is 2. The van der Waals surface area contributed by atoms with Gasteiger partial charge in [-0.25, -0.2) is 9.37 Å². The van der Waals surface area contributed by atoms with Gasteiger partial charge in [-0.2, -0.15) is 0 Å². The van der Waals surface area contributed by atoms with Gasteiger partial charge in [-0.15, -0.1) is 11.8 Å². The van der Waals surface area contributed by atoms with Gasteiger partial charge >= 0.3 is 0 Å². The molecule has 0 radical (unpaired) electrons. The lowest BCUT2D eigenvalue weighted by Gasteiger charge is -2.28. The summed E-state index contributed by atoms with van der Waals surface area (Å²) < 4.78 is 18.4. The normalized spacial score (nSPS) is 14.1. The Morgan fingerprint density at radius 1 is 1.28 bits per heavy atom. The third-order valence-electron chi connectivity index (χ3n) is 4.85. The predicted molar refractivity (Wildman–Crippen MR) is 115 cm³/mol. The van der Waals surface area contributed by atoms with Crippen LogP contribution in [0.25, 0.3) is 0 Å². The fourth-order valence-corrected chi connectivity index (χ4v) is 4.16. The average Bonchev–Trinajstić information content (AvgIpc) is 2.73. The quantitative estimate of drug-likeness (QED) is 0.522. The molecule has 0 aliphatic carbocycles. The fraction of sp³-hybridized carbons (Fsp3) is 0.455. The molecule has 0 atom stereocenters. The van der Waals surface area contributed by atoms with Gasteiger partial charge in [-0.05, 0) is 54.8 Å². The number of carbonyl (C=O) groups excluding carboxylic acids is 1. The summed E-state index contributed by atoms with van der Waals surface area (Å²) in [6.45, 7) is 7.64. The van der Waals surface area contributed by atoms with Gasteiger partial charge in [0.05, 0.1) is 18.8 Å². The summed E-state index contributed by atoms with van der Waals surface area (Å²) in [6.07, 6.45) is 1.59. The first-order valence-corrected chi connectivity index (χ1v) is 11.1. The molecule has 2 aromatic rings. The Labute approximate surface area is 176 Å². The highest BCUT2D eigenvalue weighted by molar-refractivity contribution is 7.99. The number of benzene rings is 1. The molecule has 1 aliphatic heterocycles. The van der Waals surface area contributed by atoms with Crippen molar-refractivity contribution in [2.45, 2.75) is 31.7 Å². The van der Waals surface area contributed by atoms with Crippen LogP contribution in [0, 0.1) is 12.7 Å². The summed E-state index contributed by atoms with van der Waals surface area (Å²) in [4.78, 5) is 19.9. The predicted octanol–water partition coefficient (Wildman–Crippen LogP) is 3.84. The van der Waals surface area contributed by atoms with Crippen LogP contribution in [-0.4, -0.2) is 49.5 Å². The van der Waals surface area contributed by atoms with Gasteiger partial charge in [0, 0.05) is 19.6 Å². The van der Waals surface area contributed by atoms with Gasteiger partial charge in [0.15, 0.2) is 0 Å². The maximum absolute atomic E-state index is 13.0. The molecular formula is C22H28FN3O2S. The third kappa shape index (κ3) is 5.93. The summed E-state index contributed by atoms with van der Waals surface area (Å²) in [6, 6.07) is 8.50. The summed E-state index contributed by atoms with van der Waals surface area (Å²) in [5.41, 5.74) is 2.67. The largest absolute Gasteiger partial charge is 0.378 e. The smallest absolute Gasteiger partial charge is 0.254 e. The number of carbonyl (C=O) groups is 1. The van der Waals surface area contributed by atoms with Gasteiger partial charge < -0.3 is 15.0 Å². The van der Waals surface area contributed by atoms with E-state index in [0.29, 0.717) is 25.3 Å². The molecule has 2 heterocycles. The fourth-order valence-electron chi connectivity index (χ4n) is 3.33. The molecule has 156 valence electrons. The Balaban J connectivity index is 1.64. The second-order valence-corrected chi connectivity index (χ2v) is 8.25. The van der Waals surface area contributed by atoms with Gasteiger partial charge in [0.2, 0.25) is 0 Å². The zero-order valence-electron chi connectivity index (χ0n) is 17.0. The van der Waals surface area contributed by atoms with Crippen LogP contribution in [0.5, 0.6) is 0 Å². The molecule has 1 aromatic heterocycles. The van der Waals surface area contributed by atoms with Crippen molar-refractivity contribution in [2.75, 3.05) is 43.5 Å². The SMILES string of the molecule is CCSc1nc(N2CCOCC2)cc(C)c1C(=O)NCCCc1ccc(F)cc1. The van der Waals surface area contributed by atoms with Crippen LogP contribution in [0.15, 0.2) is 35.4 Å². The average molecular weight is 418 g/mol. The van der Waals surface area contributed by atoms with Crippen molar-refractivity contribution in [3.8, 4) is 0 Å². The number of morpholine rings is 1. The Morgan fingerprint density at radius 2 is 2.00 bits per heavy atom. The topological polar surface area (TPSA) is 54.5 Å². The van der Waals surface area contributed by atoms with Crippen molar-refractivity contribution in [1.82, 2.24) is 10.3 Å². The summed E-state index contributed by atoms with van der Waals surface area (Å²) in [5, 5.41) is 3.80. The van der Waals surface area contributed by atoms with E-state index in [9.17, 15) is 9.18 Å². The Morgan fingerprint density at radius 3 is 2.69 bits per heavy atom. The van der Waals surface area contributed by atoms with E-state index in [0.717, 1.165) is 53.7 Å². The molecule has 0 saturated carbocycles. The molecule has 0 bridgehead atoms. The molecular weight excluding hydrogens is 389 g/mol. The minimum atomic E-state index is -0.230. The van der Waals surface area contributed by atoms with Crippen LogP contribution in [0.2, 0.25) is 0 Å². The number of aryl methyl sites for hydroxylation is 2. The standard InChI is InChI=1S/C22H28FN3O2S/c1-3-29-22-20(16(2)15-19(25-22)26-11-13-28-14-12-26)21(27)24-10-4-5-17-6-8-18(23)9-7-17/h6-9,15H,3-5,10-14H2,1-2H3,(H,24,27). The van der Waals surface area contributed by atoms with Crippen molar-refractivity contribution < 1.29 is 13.9 Å². The molecule has 29 heavy (non-hydrogen) atoms. The van der Waals surface area contributed by atoms with Crippen LogP contribution in [-0.2, 0) is 11.2 Å². The van der Waals surface area contributed by atoms with Gasteiger partial charge in [0.1, 0.15) is 16.7 Å². The van der Waals surface area contributed by atoms with Gasteiger partial charge in [-0.1, -0.05) is 19.1 Å². The van der Waals surface area contributed by atoms with Crippen LogP contribution in [0.3, 0.4) is 0 Å². The van der Waals surface area contributed by atoms with E-state index in [1.165, 1.54) is 12.1 Å². The van der Waals surface area contributed by atoms with Gasteiger partial charge in [-0.3, -0.25) is 4.79 Å². The number of rotatable bonds is 8. The molecule has 1 aliphatic rings. The first-order chi connectivity index (χ1) is 14.1. The number of pyridine rings is 1. The molecule has 0 unspecified atom stereocenters. The molecule has 1 fully saturated rings. The molecule has 1 N–H and O–H groups in total. The minimum absolute atomic E-state index is 0.0846. The first-order valence-electron chi connectivity index (χ1n) is 10.1.